The Labute approximate surface area is 127 Å². The number of aryl methyl sites for hydroxylation is 2. The van der Waals surface area contributed by atoms with E-state index in [4.69, 9.17) is 4.74 Å². The average molecular weight is 300 g/mol. The molecular weight excluding hydrogens is 284 g/mol. The minimum atomic E-state index is -0.544. The van der Waals surface area contributed by atoms with Gasteiger partial charge in [0, 0.05) is 17.8 Å². The summed E-state index contributed by atoms with van der Waals surface area (Å²) in [5.74, 6) is -0.140. The van der Waals surface area contributed by atoms with Gasteiger partial charge in [0.1, 0.15) is 0 Å². The molecule has 0 radical (unpaired) electrons. The molecule has 0 spiro atoms. The van der Waals surface area contributed by atoms with Crippen molar-refractivity contribution in [1.29, 1.82) is 0 Å². The summed E-state index contributed by atoms with van der Waals surface area (Å²) >= 11 is 0. The lowest BCUT2D eigenvalue weighted by atomic mass is 10.1. The minimum absolute atomic E-state index is 0.0385. The Bertz CT molecular complexity index is 754. The van der Waals surface area contributed by atoms with Crippen molar-refractivity contribution in [1.82, 2.24) is 0 Å². The van der Waals surface area contributed by atoms with E-state index < -0.39 is 4.92 Å². The standard InChI is InChI=1S/C16H16N2O4/c1-10-4-5-11(2)14(6-10)17-9-12-7-13(18(20)21)8-15(22-3)16(12)19/h4-9,19H,1-3H3. The molecule has 0 fully saturated rings. The lowest BCUT2D eigenvalue weighted by Gasteiger charge is -2.06. The van der Waals surface area contributed by atoms with E-state index in [1.54, 1.807) is 0 Å². The Kier molecular flexibility index (Phi) is 4.41. The zero-order valence-electron chi connectivity index (χ0n) is 12.5. The summed E-state index contributed by atoms with van der Waals surface area (Å²) in [6.45, 7) is 3.87. The number of non-ortho nitro benzene ring substituents is 1. The van der Waals surface area contributed by atoms with E-state index in [-0.39, 0.29) is 22.7 Å². The number of ether oxygens (including phenoxy) is 1. The predicted octanol–water partition coefficient (Wildman–Crippen LogP) is 3.68. The van der Waals surface area contributed by atoms with Crippen molar-refractivity contribution in [2.75, 3.05) is 7.11 Å². The molecule has 1 N–H and O–H groups in total. The first-order valence-corrected chi connectivity index (χ1v) is 6.59. The molecular formula is C16H16N2O4. The number of nitrogens with zero attached hydrogens (tertiary/aromatic N) is 2. The molecule has 0 atom stereocenters. The third kappa shape index (κ3) is 3.22. The number of methoxy groups -OCH3 is 1. The summed E-state index contributed by atoms with van der Waals surface area (Å²) < 4.78 is 4.96. The van der Waals surface area contributed by atoms with Crippen molar-refractivity contribution in [3.05, 3.63) is 57.1 Å². The van der Waals surface area contributed by atoms with Gasteiger partial charge in [-0.2, -0.15) is 0 Å². The molecule has 0 saturated carbocycles. The highest BCUT2D eigenvalue weighted by Gasteiger charge is 2.15. The van der Waals surface area contributed by atoms with Crippen LogP contribution in [0.4, 0.5) is 11.4 Å². The number of aromatic hydroxyl groups is 1. The SMILES string of the molecule is COc1cc([N+](=O)[O-])cc(C=Nc2cc(C)ccc2C)c1O. The molecule has 2 rings (SSSR count). The predicted molar refractivity (Wildman–Crippen MR) is 84.5 cm³/mol. The van der Waals surface area contributed by atoms with Crippen molar-refractivity contribution in [2.45, 2.75) is 13.8 Å². The largest absolute Gasteiger partial charge is 0.504 e. The fourth-order valence-electron chi connectivity index (χ4n) is 1.97. The van der Waals surface area contributed by atoms with Gasteiger partial charge in [0.05, 0.1) is 23.8 Å². The Morgan fingerprint density at radius 3 is 2.64 bits per heavy atom. The first-order valence-electron chi connectivity index (χ1n) is 6.59. The van der Waals surface area contributed by atoms with Gasteiger partial charge in [0.25, 0.3) is 5.69 Å². The maximum atomic E-state index is 10.9. The smallest absolute Gasteiger partial charge is 0.274 e. The molecule has 6 nitrogen and oxygen atoms in total. The molecule has 2 aromatic rings. The van der Waals surface area contributed by atoms with Gasteiger partial charge in [-0.25, -0.2) is 0 Å². The van der Waals surface area contributed by atoms with Gasteiger partial charge in [-0.15, -0.1) is 0 Å². The van der Waals surface area contributed by atoms with E-state index in [9.17, 15) is 15.2 Å². The van der Waals surface area contributed by atoms with Gasteiger partial charge in [0.15, 0.2) is 11.5 Å². The van der Waals surface area contributed by atoms with E-state index in [0.717, 1.165) is 16.8 Å². The number of nitro benzene ring substituents is 1. The molecule has 114 valence electrons. The average Bonchev–Trinajstić information content (AvgIpc) is 2.49. The first kappa shape index (κ1) is 15.5. The summed E-state index contributed by atoms with van der Waals surface area (Å²) in [6, 6.07) is 8.24. The van der Waals surface area contributed by atoms with E-state index >= 15 is 0 Å². The van der Waals surface area contributed by atoms with Gasteiger partial charge in [0.2, 0.25) is 0 Å². The third-order valence-corrected chi connectivity index (χ3v) is 3.23. The lowest BCUT2D eigenvalue weighted by Crippen LogP contribution is -1.94. The van der Waals surface area contributed by atoms with Crippen molar-refractivity contribution in [3.63, 3.8) is 0 Å². The second kappa shape index (κ2) is 6.26. The van der Waals surface area contributed by atoms with Crippen LogP contribution in [-0.2, 0) is 0 Å². The van der Waals surface area contributed by atoms with E-state index in [0.29, 0.717) is 0 Å². The molecule has 22 heavy (non-hydrogen) atoms. The summed E-state index contributed by atoms with van der Waals surface area (Å²) in [7, 11) is 1.34. The van der Waals surface area contributed by atoms with Crippen LogP contribution in [0.15, 0.2) is 35.3 Å². The fourth-order valence-corrected chi connectivity index (χ4v) is 1.97. The van der Waals surface area contributed by atoms with E-state index in [1.165, 1.54) is 25.5 Å². The fraction of sp³-hybridized carbons (Fsp3) is 0.188. The zero-order valence-corrected chi connectivity index (χ0v) is 12.5. The van der Waals surface area contributed by atoms with E-state index in [2.05, 4.69) is 4.99 Å². The summed E-state index contributed by atoms with van der Waals surface area (Å²) in [5.41, 5.74) is 2.83. The number of hydrogen-bond acceptors (Lipinski definition) is 5. The monoisotopic (exact) mass is 300 g/mol. The Morgan fingerprint density at radius 2 is 2.00 bits per heavy atom. The lowest BCUT2D eigenvalue weighted by molar-refractivity contribution is -0.385. The molecule has 0 heterocycles. The highest BCUT2D eigenvalue weighted by molar-refractivity contribution is 5.88. The number of benzene rings is 2. The Morgan fingerprint density at radius 1 is 1.27 bits per heavy atom. The number of nitro groups is 1. The van der Waals surface area contributed by atoms with Crippen LogP contribution in [0.5, 0.6) is 11.5 Å². The zero-order chi connectivity index (χ0) is 16.3. The second-order valence-electron chi connectivity index (χ2n) is 4.89. The van der Waals surface area contributed by atoms with Crippen LogP contribution in [0.2, 0.25) is 0 Å². The van der Waals surface area contributed by atoms with Crippen LogP contribution in [0.1, 0.15) is 16.7 Å². The molecule has 0 bridgehead atoms. The number of phenolic OH excluding ortho intramolecular Hbond substituents is 1. The molecule has 0 aromatic heterocycles. The maximum absolute atomic E-state index is 10.9. The van der Waals surface area contributed by atoms with Gasteiger partial charge in [-0.1, -0.05) is 12.1 Å². The first-order chi connectivity index (χ1) is 10.4. The Hall–Kier alpha value is -2.89. The van der Waals surface area contributed by atoms with Crippen LogP contribution in [0, 0.1) is 24.0 Å². The normalized spacial score (nSPS) is 10.9. The van der Waals surface area contributed by atoms with Gasteiger partial charge in [-0.3, -0.25) is 15.1 Å². The van der Waals surface area contributed by atoms with Crippen molar-refractivity contribution < 1.29 is 14.8 Å². The van der Waals surface area contributed by atoms with Crippen molar-refractivity contribution in [3.8, 4) is 11.5 Å². The van der Waals surface area contributed by atoms with Crippen LogP contribution in [-0.4, -0.2) is 23.4 Å². The topological polar surface area (TPSA) is 85.0 Å². The molecule has 6 heteroatoms. The molecule has 0 unspecified atom stereocenters. The van der Waals surface area contributed by atoms with Crippen LogP contribution < -0.4 is 4.74 Å². The maximum Gasteiger partial charge on any atom is 0.274 e. The highest BCUT2D eigenvalue weighted by atomic mass is 16.6. The summed E-state index contributed by atoms with van der Waals surface area (Å²) in [6.07, 6.45) is 1.40. The number of aliphatic imine (C=N–C) groups is 1. The second-order valence-corrected chi connectivity index (χ2v) is 4.89. The quantitative estimate of drug-likeness (QED) is 0.530. The molecule has 0 aliphatic heterocycles. The molecule has 0 aliphatic carbocycles. The third-order valence-electron chi connectivity index (χ3n) is 3.23. The van der Waals surface area contributed by atoms with Crippen molar-refractivity contribution >= 4 is 17.6 Å². The van der Waals surface area contributed by atoms with Crippen molar-refractivity contribution in [2.24, 2.45) is 4.99 Å². The number of phenols is 1. The minimum Gasteiger partial charge on any atom is -0.504 e. The van der Waals surface area contributed by atoms with Gasteiger partial charge < -0.3 is 9.84 Å². The molecule has 2 aromatic carbocycles. The van der Waals surface area contributed by atoms with E-state index in [1.807, 2.05) is 32.0 Å². The Balaban J connectivity index is 2.48. The molecule has 0 saturated heterocycles. The van der Waals surface area contributed by atoms with Crippen LogP contribution in [0.25, 0.3) is 0 Å². The number of rotatable bonds is 4. The number of hydrogen-bond donors (Lipinski definition) is 1. The summed E-state index contributed by atoms with van der Waals surface area (Å²) in [5, 5.41) is 21.0. The van der Waals surface area contributed by atoms with Gasteiger partial charge >= 0.3 is 0 Å². The molecule has 0 aliphatic rings. The molecule has 0 amide bonds. The van der Waals surface area contributed by atoms with Crippen LogP contribution in [0.3, 0.4) is 0 Å². The summed E-state index contributed by atoms with van der Waals surface area (Å²) in [4.78, 5) is 14.7. The van der Waals surface area contributed by atoms with Crippen LogP contribution >= 0.6 is 0 Å². The van der Waals surface area contributed by atoms with Gasteiger partial charge in [-0.05, 0) is 31.0 Å². The highest BCUT2D eigenvalue weighted by Crippen LogP contribution is 2.34.